The summed E-state index contributed by atoms with van der Waals surface area (Å²) >= 11 is 9.36. The quantitative estimate of drug-likeness (QED) is 0.629. The number of hydrogen-bond acceptors (Lipinski definition) is 3. The van der Waals surface area contributed by atoms with Gasteiger partial charge in [-0.2, -0.15) is 4.31 Å². The molecule has 3 rings (SSSR count). The van der Waals surface area contributed by atoms with Crippen molar-refractivity contribution in [1.29, 1.82) is 0 Å². The Hall–Kier alpha value is -1.41. The van der Waals surface area contributed by atoms with Crippen molar-refractivity contribution >= 4 is 49.1 Å². The zero-order valence-corrected chi connectivity index (χ0v) is 19.6. The van der Waals surface area contributed by atoms with Crippen LogP contribution in [0.2, 0.25) is 5.02 Å². The number of benzene rings is 2. The molecule has 1 aliphatic heterocycles. The zero-order valence-electron chi connectivity index (χ0n) is 16.4. The smallest absolute Gasteiger partial charge is 0.243 e. The van der Waals surface area contributed by atoms with Crippen molar-refractivity contribution in [3.8, 4) is 0 Å². The fourth-order valence-corrected chi connectivity index (χ4v) is 5.90. The molecule has 1 N–H and O–H groups in total. The molecule has 0 spiro atoms. The number of carbonyl (C=O) groups is 1. The summed E-state index contributed by atoms with van der Waals surface area (Å²) in [5.74, 6) is -0.528. The van der Waals surface area contributed by atoms with Gasteiger partial charge in [-0.1, -0.05) is 34.5 Å². The Morgan fingerprint density at radius 3 is 2.62 bits per heavy atom. The second kappa shape index (κ2) is 9.16. The molecule has 5 nitrogen and oxygen atoms in total. The fourth-order valence-electron chi connectivity index (χ4n) is 3.63. The highest BCUT2D eigenvalue weighted by Crippen LogP contribution is 2.29. The van der Waals surface area contributed by atoms with Gasteiger partial charge in [0.15, 0.2) is 0 Å². The molecular formula is C21H24BrClN2O3S. The summed E-state index contributed by atoms with van der Waals surface area (Å²) in [5, 5.41) is 3.53. The lowest BCUT2D eigenvalue weighted by Gasteiger charge is -2.31. The monoisotopic (exact) mass is 498 g/mol. The van der Waals surface area contributed by atoms with Crippen LogP contribution >= 0.6 is 27.5 Å². The summed E-state index contributed by atoms with van der Waals surface area (Å²) in [6, 6.07) is 10.1. The molecule has 1 fully saturated rings. The van der Waals surface area contributed by atoms with E-state index in [9.17, 15) is 13.2 Å². The average Bonchev–Trinajstić information content (AvgIpc) is 2.70. The van der Waals surface area contributed by atoms with E-state index in [2.05, 4.69) is 21.2 Å². The molecule has 2 aromatic carbocycles. The van der Waals surface area contributed by atoms with Gasteiger partial charge in [0.1, 0.15) is 0 Å². The largest absolute Gasteiger partial charge is 0.325 e. The molecule has 1 heterocycles. The number of aryl methyl sites for hydroxylation is 2. The lowest BCUT2D eigenvalue weighted by atomic mass is 9.98. The van der Waals surface area contributed by atoms with Crippen LogP contribution in [-0.4, -0.2) is 31.7 Å². The maximum atomic E-state index is 13.0. The molecule has 156 valence electrons. The first-order chi connectivity index (χ1) is 13.7. The summed E-state index contributed by atoms with van der Waals surface area (Å²) in [6.45, 7) is 4.58. The predicted octanol–water partition coefficient (Wildman–Crippen LogP) is 5.01. The summed E-state index contributed by atoms with van der Waals surface area (Å²) in [5.41, 5.74) is 2.84. The highest BCUT2D eigenvalue weighted by atomic mass is 79.9. The molecule has 29 heavy (non-hydrogen) atoms. The van der Waals surface area contributed by atoms with Gasteiger partial charge in [0.2, 0.25) is 15.9 Å². The third kappa shape index (κ3) is 5.02. The van der Waals surface area contributed by atoms with Crippen molar-refractivity contribution in [3.63, 3.8) is 0 Å². The molecule has 2 aromatic rings. The lowest BCUT2D eigenvalue weighted by molar-refractivity contribution is -0.120. The van der Waals surface area contributed by atoms with Crippen LogP contribution in [0.3, 0.4) is 0 Å². The summed E-state index contributed by atoms with van der Waals surface area (Å²) in [7, 11) is -3.66. The van der Waals surface area contributed by atoms with Gasteiger partial charge in [-0.25, -0.2) is 8.42 Å². The van der Waals surface area contributed by atoms with E-state index in [0.29, 0.717) is 24.4 Å². The van der Waals surface area contributed by atoms with Gasteiger partial charge >= 0.3 is 0 Å². The molecule has 1 saturated heterocycles. The second-order valence-corrected chi connectivity index (χ2v) is 10.5. The molecule has 0 bridgehead atoms. The number of sulfonamides is 1. The number of carbonyl (C=O) groups excluding carboxylic acids is 1. The zero-order chi connectivity index (χ0) is 21.2. The van der Waals surface area contributed by atoms with Crippen molar-refractivity contribution in [2.45, 2.75) is 38.0 Å². The van der Waals surface area contributed by atoms with Gasteiger partial charge in [-0.15, -0.1) is 0 Å². The van der Waals surface area contributed by atoms with Crippen LogP contribution in [0.15, 0.2) is 45.8 Å². The van der Waals surface area contributed by atoms with E-state index in [0.717, 1.165) is 27.7 Å². The van der Waals surface area contributed by atoms with Gasteiger partial charge in [-0.05, 0) is 73.7 Å². The van der Waals surface area contributed by atoms with E-state index in [1.54, 1.807) is 12.1 Å². The Labute approximate surface area is 185 Å². The molecule has 0 unspecified atom stereocenters. The van der Waals surface area contributed by atoms with Crippen LogP contribution in [0, 0.1) is 12.8 Å². The minimum absolute atomic E-state index is 0.138. The van der Waals surface area contributed by atoms with E-state index in [-0.39, 0.29) is 17.3 Å². The maximum Gasteiger partial charge on any atom is 0.243 e. The first kappa shape index (κ1) is 22.3. The number of amides is 1. The van der Waals surface area contributed by atoms with Gasteiger partial charge in [0.05, 0.1) is 10.8 Å². The Morgan fingerprint density at radius 1 is 1.28 bits per heavy atom. The molecule has 0 aromatic heterocycles. The van der Waals surface area contributed by atoms with Crippen molar-refractivity contribution in [1.82, 2.24) is 4.31 Å². The minimum Gasteiger partial charge on any atom is -0.325 e. The molecule has 1 atom stereocenters. The van der Waals surface area contributed by atoms with E-state index >= 15 is 0 Å². The second-order valence-electron chi connectivity index (χ2n) is 7.26. The van der Waals surface area contributed by atoms with E-state index in [1.165, 1.54) is 16.4 Å². The van der Waals surface area contributed by atoms with Crippen LogP contribution in [0.4, 0.5) is 5.69 Å². The number of anilines is 1. The van der Waals surface area contributed by atoms with Gasteiger partial charge in [-0.3, -0.25) is 4.79 Å². The molecule has 8 heteroatoms. The van der Waals surface area contributed by atoms with Crippen LogP contribution < -0.4 is 5.32 Å². The van der Waals surface area contributed by atoms with Gasteiger partial charge in [0, 0.05) is 28.3 Å². The van der Waals surface area contributed by atoms with Gasteiger partial charge in [0.25, 0.3) is 0 Å². The predicted molar refractivity (Wildman–Crippen MR) is 120 cm³/mol. The molecule has 0 saturated carbocycles. The highest BCUT2D eigenvalue weighted by molar-refractivity contribution is 9.10. The number of piperidine rings is 1. The average molecular weight is 500 g/mol. The Bertz CT molecular complexity index is 1010. The van der Waals surface area contributed by atoms with Crippen molar-refractivity contribution in [2.75, 3.05) is 18.4 Å². The van der Waals surface area contributed by atoms with Crippen molar-refractivity contribution in [3.05, 3.63) is 57.0 Å². The first-order valence-corrected chi connectivity index (χ1v) is 12.2. The van der Waals surface area contributed by atoms with Crippen LogP contribution in [0.25, 0.3) is 0 Å². The number of nitrogens with one attached hydrogen (secondary N) is 1. The Morgan fingerprint density at radius 2 is 1.97 bits per heavy atom. The Balaban J connectivity index is 1.77. The van der Waals surface area contributed by atoms with Crippen LogP contribution in [0.5, 0.6) is 0 Å². The van der Waals surface area contributed by atoms with E-state index in [1.807, 2.05) is 26.0 Å². The van der Waals surface area contributed by atoms with Crippen molar-refractivity contribution < 1.29 is 13.2 Å². The number of nitrogens with zero attached hydrogens (tertiary/aromatic N) is 1. The summed E-state index contributed by atoms with van der Waals surface area (Å²) < 4.78 is 28.3. The van der Waals surface area contributed by atoms with Crippen LogP contribution in [-0.2, 0) is 21.2 Å². The lowest BCUT2D eigenvalue weighted by Crippen LogP contribution is -2.43. The fraction of sp³-hybridized carbons (Fsp3) is 0.381. The standard InChI is InChI=1S/C21H24BrClN2O3S/c1-3-15-12-17(22)11-14(2)20(15)24-21(26)16-5-4-10-25(13-16)29(27,28)19-8-6-18(23)7-9-19/h6-9,11-12,16H,3-5,10,13H2,1-2H3,(H,24,26)/t16-/m1/s1. The van der Waals surface area contributed by atoms with E-state index in [4.69, 9.17) is 11.6 Å². The number of halogens is 2. The highest BCUT2D eigenvalue weighted by Gasteiger charge is 2.33. The molecule has 1 aliphatic rings. The molecule has 1 amide bonds. The Kier molecular flexibility index (Phi) is 7.04. The first-order valence-electron chi connectivity index (χ1n) is 9.58. The maximum absolute atomic E-state index is 13.0. The minimum atomic E-state index is -3.66. The number of rotatable bonds is 5. The molecule has 0 radical (unpaired) electrons. The normalized spacial score (nSPS) is 17.9. The molecule has 0 aliphatic carbocycles. The van der Waals surface area contributed by atoms with Crippen molar-refractivity contribution in [2.24, 2.45) is 5.92 Å². The third-order valence-corrected chi connectivity index (χ3v) is 7.81. The topological polar surface area (TPSA) is 66.5 Å². The SMILES string of the molecule is CCc1cc(Br)cc(C)c1NC(=O)[C@@H]1CCCN(S(=O)(=O)c2ccc(Cl)cc2)C1. The summed E-state index contributed by atoms with van der Waals surface area (Å²) in [6.07, 6.45) is 2.10. The summed E-state index contributed by atoms with van der Waals surface area (Å²) in [4.78, 5) is 13.2. The number of hydrogen-bond donors (Lipinski definition) is 1. The van der Waals surface area contributed by atoms with E-state index < -0.39 is 15.9 Å². The third-order valence-electron chi connectivity index (χ3n) is 5.22. The van der Waals surface area contributed by atoms with Crippen LogP contribution in [0.1, 0.15) is 30.9 Å². The van der Waals surface area contributed by atoms with Gasteiger partial charge < -0.3 is 5.32 Å². The molecular weight excluding hydrogens is 476 g/mol.